The lowest BCUT2D eigenvalue weighted by Gasteiger charge is -2.30. The van der Waals surface area contributed by atoms with Crippen molar-refractivity contribution < 1.29 is 13.2 Å². The Kier molecular flexibility index (Phi) is 3.19. The normalized spacial score (nSPS) is 19.1. The third kappa shape index (κ3) is 2.76. The molecule has 1 atom stereocenters. The molecule has 0 saturated heterocycles. The fraction of sp³-hybridized carbons (Fsp3) is 0.500. The standard InChI is InChI=1S/C12H14F3N/c13-12(14,15)5-6-16-8-10-7-9-3-1-2-4-11(9)10/h1-4,10,16H,5-8H2. The fourth-order valence-electron chi connectivity index (χ4n) is 2.05. The molecule has 1 aromatic rings. The van der Waals surface area contributed by atoms with Gasteiger partial charge in [-0.1, -0.05) is 24.3 Å². The summed E-state index contributed by atoms with van der Waals surface area (Å²) in [5.41, 5.74) is 2.60. The average Bonchev–Trinajstić information content (AvgIpc) is 2.17. The van der Waals surface area contributed by atoms with E-state index in [0.29, 0.717) is 12.5 Å². The molecule has 88 valence electrons. The minimum atomic E-state index is -4.05. The molecule has 1 unspecified atom stereocenters. The maximum absolute atomic E-state index is 11.9. The number of nitrogens with one attached hydrogen (secondary N) is 1. The van der Waals surface area contributed by atoms with Gasteiger partial charge in [0.1, 0.15) is 0 Å². The van der Waals surface area contributed by atoms with Gasteiger partial charge in [0.15, 0.2) is 0 Å². The predicted octanol–water partition coefficient (Wildman–Crippen LogP) is 2.87. The minimum absolute atomic E-state index is 0.0160. The van der Waals surface area contributed by atoms with E-state index in [1.807, 2.05) is 12.1 Å². The zero-order chi connectivity index (χ0) is 11.6. The van der Waals surface area contributed by atoms with Crippen LogP contribution in [0.3, 0.4) is 0 Å². The average molecular weight is 229 g/mol. The highest BCUT2D eigenvalue weighted by molar-refractivity contribution is 5.40. The summed E-state index contributed by atoms with van der Waals surface area (Å²) in [5.74, 6) is 0.393. The highest BCUT2D eigenvalue weighted by Gasteiger charge is 2.27. The van der Waals surface area contributed by atoms with Gasteiger partial charge in [0, 0.05) is 19.0 Å². The molecule has 0 fully saturated rings. The Balaban J connectivity index is 1.70. The summed E-state index contributed by atoms with van der Waals surface area (Å²) in [5, 5.41) is 2.86. The largest absolute Gasteiger partial charge is 0.390 e. The van der Waals surface area contributed by atoms with Crippen LogP contribution in [0, 0.1) is 0 Å². The third-order valence-electron chi connectivity index (χ3n) is 2.94. The van der Waals surface area contributed by atoms with Crippen LogP contribution in [0.15, 0.2) is 24.3 Å². The van der Waals surface area contributed by atoms with E-state index in [-0.39, 0.29) is 6.54 Å². The Morgan fingerprint density at radius 2 is 2.00 bits per heavy atom. The van der Waals surface area contributed by atoms with Crippen molar-refractivity contribution in [3.8, 4) is 0 Å². The number of hydrogen-bond acceptors (Lipinski definition) is 1. The lowest BCUT2D eigenvalue weighted by molar-refractivity contribution is -0.133. The molecule has 1 aliphatic carbocycles. The van der Waals surface area contributed by atoms with Crippen LogP contribution in [-0.2, 0) is 6.42 Å². The monoisotopic (exact) mass is 229 g/mol. The van der Waals surface area contributed by atoms with Gasteiger partial charge in [-0.15, -0.1) is 0 Å². The summed E-state index contributed by atoms with van der Waals surface area (Å²) >= 11 is 0. The molecule has 4 heteroatoms. The van der Waals surface area contributed by atoms with Crippen molar-refractivity contribution in [1.82, 2.24) is 5.32 Å². The molecule has 0 radical (unpaired) electrons. The third-order valence-corrected chi connectivity index (χ3v) is 2.94. The number of benzene rings is 1. The Bertz CT molecular complexity index is 360. The van der Waals surface area contributed by atoms with Gasteiger partial charge in [-0.05, 0) is 17.5 Å². The van der Waals surface area contributed by atoms with E-state index in [0.717, 1.165) is 6.42 Å². The molecule has 1 aromatic carbocycles. The van der Waals surface area contributed by atoms with E-state index in [1.165, 1.54) is 11.1 Å². The fourth-order valence-corrected chi connectivity index (χ4v) is 2.05. The molecule has 0 aromatic heterocycles. The highest BCUT2D eigenvalue weighted by Crippen LogP contribution is 2.34. The first-order valence-corrected chi connectivity index (χ1v) is 5.41. The molecule has 1 N–H and O–H groups in total. The maximum atomic E-state index is 11.9. The van der Waals surface area contributed by atoms with Crippen molar-refractivity contribution in [2.45, 2.75) is 24.9 Å². The minimum Gasteiger partial charge on any atom is -0.316 e. The number of hydrogen-bond donors (Lipinski definition) is 1. The summed E-state index contributed by atoms with van der Waals surface area (Å²) in [6.45, 7) is 0.662. The molecule has 0 aliphatic heterocycles. The zero-order valence-electron chi connectivity index (χ0n) is 8.85. The molecule has 0 heterocycles. The Labute approximate surface area is 92.7 Å². The number of halogens is 3. The number of rotatable bonds is 4. The van der Waals surface area contributed by atoms with Gasteiger partial charge >= 0.3 is 6.18 Å². The smallest absolute Gasteiger partial charge is 0.316 e. The lowest BCUT2D eigenvalue weighted by Crippen LogP contribution is -2.31. The van der Waals surface area contributed by atoms with Gasteiger partial charge in [0.25, 0.3) is 0 Å². The van der Waals surface area contributed by atoms with Crippen molar-refractivity contribution in [3.05, 3.63) is 35.4 Å². The first kappa shape index (κ1) is 11.5. The molecular formula is C12H14F3N. The van der Waals surface area contributed by atoms with E-state index in [1.54, 1.807) is 0 Å². The molecular weight excluding hydrogens is 215 g/mol. The van der Waals surface area contributed by atoms with Crippen molar-refractivity contribution >= 4 is 0 Å². The van der Waals surface area contributed by atoms with Crippen LogP contribution >= 0.6 is 0 Å². The summed E-state index contributed by atoms with van der Waals surface area (Å²) in [6, 6.07) is 8.09. The van der Waals surface area contributed by atoms with Crippen molar-refractivity contribution in [2.75, 3.05) is 13.1 Å². The first-order chi connectivity index (χ1) is 7.56. The van der Waals surface area contributed by atoms with E-state index < -0.39 is 12.6 Å². The van der Waals surface area contributed by atoms with Crippen LogP contribution in [0.5, 0.6) is 0 Å². The van der Waals surface area contributed by atoms with Gasteiger partial charge in [-0.2, -0.15) is 13.2 Å². The van der Waals surface area contributed by atoms with E-state index in [9.17, 15) is 13.2 Å². The summed E-state index contributed by atoms with van der Waals surface area (Å²) in [6.07, 6.45) is -3.82. The molecule has 2 rings (SSSR count). The van der Waals surface area contributed by atoms with Crippen molar-refractivity contribution in [3.63, 3.8) is 0 Å². The van der Waals surface area contributed by atoms with Crippen molar-refractivity contribution in [2.24, 2.45) is 0 Å². The summed E-state index contributed by atoms with van der Waals surface area (Å²) in [7, 11) is 0. The SMILES string of the molecule is FC(F)(F)CCNCC1Cc2ccccc21. The van der Waals surface area contributed by atoms with Crippen LogP contribution in [0.4, 0.5) is 13.2 Å². The van der Waals surface area contributed by atoms with Crippen molar-refractivity contribution in [1.29, 1.82) is 0 Å². The van der Waals surface area contributed by atoms with Crippen LogP contribution < -0.4 is 5.32 Å². The van der Waals surface area contributed by atoms with Gasteiger partial charge in [-0.25, -0.2) is 0 Å². The molecule has 0 spiro atoms. The van der Waals surface area contributed by atoms with E-state index >= 15 is 0 Å². The molecule has 1 nitrogen and oxygen atoms in total. The van der Waals surface area contributed by atoms with E-state index in [4.69, 9.17) is 0 Å². The zero-order valence-corrected chi connectivity index (χ0v) is 8.85. The Morgan fingerprint density at radius 3 is 2.69 bits per heavy atom. The van der Waals surface area contributed by atoms with Crippen LogP contribution in [0.1, 0.15) is 23.5 Å². The maximum Gasteiger partial charge on any atom is 0.390 e. The summed E-state index contributed by atoms with van der Waals surface area (Å²) in [4.78, 5) is 0. The molecule has 0 amide bonds. The predicted molar refractivity (Wildman–Crippen MR) is 56.4 cm³/mol. The van der Waals surface area contributed by atoms with Crippen LogP contribution in [0.2, 0.25) is 0 Å². The topological polar surface area (TPSA) is 12.0 Å². The summed E-state index contributed by atoms with van der Waals surface area (Å²) < 4.78 is 35.6. The Morgan fingerprint density at radius 1 is 1.25 bits per heavy atom. The Hall–Kier alpha value is -1.03. The quantitative estimate of drug-likeness (QED) is 0.783. The van der Waals surface area contributed by atoms with E-state index in [2.05, 4.69) is 17.4 Å². The highest BCUT2D eigenvalue weighted by atomic mass is 19.4. The van der Waals surface area contributed by atoms with Gasteiger partial charge < -0.3 is 5.32 Å². The molecule has 16 heavy (non-hydrogen) atoms. The second-order valence-corrected chi connectivity index (χ2v) is 4.17. The first-order valence-electron chi connectivity index (χ1n) is 5.41. The second-order valence-electron chi connectivity index (χ2n) is 4.17. The van der Waals surface area contributed by atoms with Crippen LogP contribution in [0.25, 0.3) is 0 Å². The molecule has 0 saturated carbocycles. The van der Waals surface area contributed by atoms with Crippen LogP contribution in [-0.4, -0.2) is 19.3 Å². The van der Waals surface area contributed by atoms with Gasteiger partial charge in [-0.3, -0.25) is 0 Å². The lowest BCUT2D eigenvalue weighted by atomic mass is 9.77. The van der Waals surface area contributed by atoms with Gasteiger partial charge in [0.2, 0.25) is 0 Å². The number of alkyl halides is 3. The molecule has 1 aliphatic rings. The molecule has 0 bridgehead atoms. The number of fused-ring (bicyclic) bond motifs is 1. The van der Waals surface area contributed by atoms with Gasteiger partial charge in [0.05, 0.1) is 6.42 Å². The second kappa shape index (κ2) is 4.45.